The number of rotatable bonds is 2. The first-order valence-electron chi connectivity index (χ1n) is 4.85. The average molecular weight is 253 g/mol. The van der Waals surface area contributed by atoms with E-state index in [0.717, 1.165) is 23.2 Å². The highest BCUT2D eigenvalue weighted by Gasteiger charge is 2.08. The van der Waals surface area contributed by atoms with Crippen molar-refractivity contribution in [1.29, 1.82) is 0 Å². The van der Waals surface area contributed by atoms with E-state index in [-0.39, 0.29) is 0 Å². The fraction of sp³-hybridized carbons (Fsp3) is 0.364. The van der Waals surface area contributed by atoms with Gasteiger partial charge < -0.3 is 4.57 Å². The SMILES string of the molecule is CCCn1c(Br)nc2c(C)cccc21. The first-order chi connectivity index (χ1) is 6.74. The molecule has 1 aromatic carbocycles. The molecular formula is C11H13BrN2. The van der Waals surface area contributed by atoms with Crippen LogP contribution in [-0.4, -0.2) is 9.55 Å². The van der Waals surface area contributed by atoms with Gasteiger partial charge in [0.2, 0.25) is 0 Å². The Hall–Kier alpha value is -0.830. The molecule has 0 aliphatic carbocycles. The van der Waals surface area contributed by atoms with E-state index < -0.39 is 0 Å². The average Bonchev–Trinajstić information content (AvgIpc) is 2.47. The van der Waals surface area contributed by atoms with Gasteiger partial charge in [-0.15, -0.1) is 0 Å². The van der Waals surface area contributed by atoms with Gasteiger partial charge in [-0.1, -0.05) is 19.1 Å². The van der Waals surface area contributed by atoms with Crippen molar-refractivity contribution in [2.24, 2.45) is 0 Å². The molecule has 3 heteroatoms. The Morgan fingerprint density at radius 3 is 2.93 bits per heavy atom. The van der Waals surface area contributed by atoms with E-state index in [1.807, 2.05) is 0 Å². The zero-order chi connectivity index (χ0) is 10.1. The quantitative estimate of drug-likeness (QED) is 0.800. The Morgan fingerprint density at radius 2 is 2.21 bits per heavy atom. The summed E-state index contributed by atoms with van der Waals surface area (Å²) in [5, 5.41) is 0. The van der Waals surface area contributed by atoms with E-state index in [9.17, 15) is 0 Å². The van der Waals surface area contributed by atoms with Crippen LogP contribution in [0.15, 0.2) is 22.9 Å². The summed E-state index contributed by atoms with van der Waals surface area (Å²) in [5.74, 6) is 0. The lowest BCUT2D eigenvalue weighted by Crippen LogP contribution is -1.96. The van der Waals surface area contributed by atoms with Crippen molar-refractivity contribution in [2.45, 2.75) is 26.8 Å². The van der Waals surface area contributed by atoms with Crippen molar-refractivity contribution in [1.82, 2.24) is 9.55 Å². The number of hydrogen-bond acceptors (Lipinski definition) is 1. The Bertz CT molecular complexity index is 460. The summed E-state index contributed by atoms with van der Waals surface area (Å²) >= 11 is 3.50. The highest BCUT2D eigenvalue weighted by Crippen LogP contribution is 2.22. The van der Waals surface area contributed by atoms with Crippen molar-refractivity contribution in [3.8, 4) is 0 Å². The van der Waals surface area contributed by atoms with E-state index in [4.69, 9.17) is 0 Å². The zero-order valence-corrected chi connectivity index (χ0v) is 10.0. The summed E-state index contributed by atoms with van der Waals surface area (Å²) in [7, 11) is 0. The highest BCUT2D eigenvalue weighted by atomic mass is 79.9. The molecule has 0 aliphatic rings. The summed E-state index contributed by atoms with van der Waals surface area (Å²) in [6.07, 6.45) is 1.12. The number of aromatic nitrogens is 2. The molecule has 1 heterocycles. The van der Waals surface area contributed by atoms with E-state index in [2.05, 4.69) is 57.5 Å². The van der Waals surface area contributed by atoms with Crippen LogP contribution in [0.2, 0.25) is 0 Å². The normalized spacial score (nSPS) is 11.1. The molecule has 1 aromatic heterocycles. The van der Waals surface area contributed by atoms with Gasteiger partial charge in [0.05, 0.1) is 11.0 Å². The predicted octanol–water partition coefficient (Wildman–Crippen LogP) is 3.52. The van der Waals surface area contributed by atoms with Crippen LogP contribution in [0, 0.1) is 6.92 Å². The molecule has 0 amide bonds. The minimum Gasteiger partial charge on any atom is -0.319 e. The molecule has 0 radical (unpaired) electrons. The van der Waals surface area contributed by atoms with Crippen LogP contribution in [0.5, 0.6) is 0 Å². The summed E-state index contributed by atoms with van der Waals surface area (Å²) in [4.78, 5) is 4.51. The van der Waals surface area contributed by atoms with Gasteiger partial charge in [-0.3, -0.25) is 0 Å². The van der Waals surface area contributed by atoms with E-state index in [0.29, 0.717) is 0 Å². The second-order valence-electron chi connectivity index (χ2n) is 3.48. The molecule has 74 valence electrons. The molecule has 0 unspecified atom stereocenters. The molecule has 14 heavy (non-hydrogen) atoms. The van der Waals surface area contributed by atoms with Crippen molar-refractivity contribution < 1.29 is 0 Å². The maximum Gasteiger partial charge on any atom is 0.178 e. The Kier molecular flexibility index (Phi) is 2.59. The van der Waals surface area contributed by atoms with Gasteiger partial charge in [0.15, 0.2) is 4.73 Å². The number of hydrogen-bond donors (Lipinski definition) is 0. The standard InChI is InChI=1S/C11H13BrN2/c1-3-7-14-9-6-4-5-8(2)10(9)13-11(14)12/h4-6H,3,7H2,1-2H3. The van der Waals surface area contributed by atoms with E-state index in [1.165, 1.54) is 11.1 Å². The van der Waals surface area contributed by atoms with Gasteiger partial charge in [-0.25, -0.2) is 4.98 Å². The van der Waals surface area contributed by atoms with Crippen LogP contribution in [-0.2, 0) is 6.54 Å². The predicted molar refractivity (Wildman–Crippen MR) is 62.5 cm³/mol. The third-order valence-corrected chi connectivity index (χ3v) is 2.99. The minimum atomic E-state index is 0.934. The highest BCUT2D eigenvalue weighted by molar-refractivity contribution is 9.10. The summed E-state index contributed by atoms with van der Waals surface area (Å²) in [6.45, 7) is 5.28. The molecule has 0 fully saturated rings. The third kappa shape index (κ3) is 1.46. The zero-order valence-electron chi connectivity index (χ0n) is 8.42. The minimum absolute atomic E-state index is 0.934. The Labute approximate surface area is 92.1 Å². The lowest BCUT2D eigenvalue weighted by molar-refractivity contribution is 0.682. The van der Waals surface area contributed by atoms with Gasteiger partial charge in [-0.2, -0.15) is 0 Å². The number of nitrogens with zero attached hydrogens (tertiary/aromatic N) is 2. The van der Waals surface area contributed by atoms with E-state index >= 15 is 0 Å². The fourth-order valence-corrected chi connectivity index (χ4v) is 2.24. The number of benzene rings is 1. The summed E-state index contributed by atoms with van der Waals surface area (Å²) in [5.41, 5.74) is 3.56. The molecule has 0 saturated carbocycles. The number of imidazole rings is 1. The molecule has 0 N–H and O–H groups in total. The van der Waals surface area contributed by atoms with Gasteiger partial charge >= 0.3 is 0 Å². The Balaban J connectivity index is 2.70. The van der Waals surface area contributed by atoms with Gasteiger partial charge in [0.1, 0.15) is 0 Å². The van der Waals surface area contributed by atoms with Crippen LogP contribution in [0.1, 0.15) is 18.9 Å². The van der Waals surface area contributed by atoms with Crippen molar-refractivity contribution in [2.75, 3.05) is 0 Å². The Morgan fingerprint density at radius 1 is 1.43 bits per heavy atom. The first kappa shape index (κ1) is 9.71. The monoisotopic (exact) mass is 252 g/mol. The summed E-state index contributed by atoms with van der Waals surface area (Å²) in [6, 6.07) is 6.30. The molecule has 0 bridgehead atoms. The second-order valence-corrected chi connectivity index (χ2v) is 4.18. The molecule has 0 aliphatic heterocycles. The lowest BCUT2D eigenvalue weighted by Gasteiger charge is -2.02. The van der Waals surface area contributed by atoms with Crippen LogP contribution in [0.3, 0.4) is 0 Å². The third-order valence-electron chi connectivity index (χ3n) is 2.38. The van der Waals surface area contributed by atoms with Crippen LogP contribution in [0.25, 0.3) is 11.0 Å². The molecule has 2 nitrogen and oxygen atoms in total. The number of aryl methyl sites for hydroxylation is 2. The van der Waals surface area contributed by atoms with Crippen molar-refractivity contribution in [3.63, 3.8) is 0 Å². The topological polar surface area (TPSA) is 17.8 Å². The van der Waals surface area contributed by atoms with Crippen LogP contribution < -0.4 is 0 Å². The molecule has 0 spiro atoms. The molecule has 2 aromatic rings. The van der Waals surface area contributed by atoms with Crippen LogP contribution in [0.4, 0.5) is 0 Å². The van der Waals surface area contributed by atoms with Crippen molar-refractivity contribution >= 4 is 27.0 Å². The molecule has 0 saturated heterocycles. The first-order valence-corrected chi connectivity index (χ1v) is 5.64. The lowest BCUT2D eigenvalue weighted by atomic mass is 10.2. The van der Waals surface area contributed by atoms with Crippen LogP contribution >= 0.6 is 15.9 Å². The molecular weight excluding hydrogens is 240 g/mol. The largest absolute Gasteiger partial charge is 0.319 e. The smallest absolute Gasteiger partial charge is 0.178 e. The second kappa shape index (κ2) is 3.73. The number of fused-ring (bicyclic) bond motifs is 1. The maximum absolute atomic E-state index is 4.51. The molecule has 2 rings (SSSR count). The molecule has 0 atom stereocenters. The summed E-state index contributed by atoms with van der Waals surface area (Å²) < 4.78 is 3.14. The van der Waals surface area contributed by atoms with Crippen molar-refractivity contribution in [3.05, 3.63) is 28.5 Å². The van der Waals surface area contributed by atoms with Gasteiger partial charge in [0.25, 0.3) is 0 Å². The fourth-order valence-electron chi connectivity index (χ4n) is 1.70. The van der Waals surface area contributed by atoms with E-state index in [1.54, 1.807) is 0 Å². The number of halogens is 1. The maximum atomic E-state index is 4.51. The van der Waals surface area contributed by atoms with Gasteiger partial charge in [-0.05, 0) is 40.9 Å². The van der Waals surface area contributed by atoms with Gasteiger partial charge in [0, 0.05) is 6.54 Å². The number of para-hydroxylation sites is 1.